The molecule has 3 heterocycles. The molecular formula is C21H22N6O. The van der Waals surface area contributed by atoms with Crippen molar-refractivity contribution in [3.8, 4) is 11.3 Å². The molecule has 0 spiro atoms. The summed E-state index contributed by atoms with van der Waals surface area (Å²) in [6.45, 7) is 4.78. The Kier molecular flexibility index (Phi) is 4.89. The lowest BCUT2D eigenvalue weighted by atomic mass is 10.2. The molecule has 0 unspecified atom stereocenters. The molecule has 4 aromatic rings. The number of imidazole rings is 1. The van der Waals surface area contributed by atoms with Gasteiger partial charge >= 0.3 is 0 Å². The highest BCUT2D eigenvalue weighted by Gasteiger charge is 2.14. The van der Waals surface area contributed by atoms with Crippen LogP contribution in [0.1, 0.15) is 36.2 Å². The van der Waals surface area contributed by atoms with Gasteiger partial charge in [-0.15, -0.1) is 0 Å². The second kappa shape index (κ2) is 7.64. The first-order valence-corrected chi connectivity index (χ1v) is 9.33. The van der Waals surface area contributed by atoms with E-state index in [9.17, 15) is 4.79 Å². The van der Waals surface area contributed by atoms with Crippen LogP contribution in [0.5, 0.6) is 0 Å². The van der Waals surface area contributed by atoms with Crippen LogP contribution in [0, 0.1) is 0 Å². The van der Waals surface area contributed by atoms with Gasteiger partial charge in [0.2, 0.25) is 0 Å². The lowest BCUT2D eigenvalue weighted by molar-refractivity contribution is 0.0949. The molecule has 142 valence electrons. The number of nitrogens with one attached hydrogen (secondary N) is 2. The Balaban J connectivity index is 1.43. The molecule has 0 saturated heterocycles. The van der Waals surface area contributed by atoms with Gasteiger partial charge in [-0.2, -0.15) is 5.10 Å². The van der Waals surface area contributed by atoms with Gasteiger partial charge in [-0.05, 0) is 44.2 Å². The fourth-order valence-electron chi connectivity index (χ4n) is 3.33. The molecule has 0 saturated carbocycles. The SMILES string of the molecule is CC(C)n1c(CCNC(=O)c2cc(-c3cccnc3)n[nH]2)nc2ccccc21. The van der Waals surface area contributed by atoms with E-state index in [-0.39, 0.29) is 5.91 Å². The van der Waals surface area contributed by atoms with Crippen LogP contribution in [0.4, 0.5) is 0 Å². The van der Waals surface area contributed by atoms with E-state index in [0.29, 0.717) is 30.4 Å². The molecule has 3 aromatic heterocycles. The molecule has 7 heteroatoms. The highest BCUT2D eigenvalue weighted by Crippen LogP contribution is 2.21. The highest BCUT2D eigenvalue weighted by atomic mass is 16.1. The summed E-state index contributed by atoms with van der Waals surface area (Å²) in [5.41, 5.74) is 4.08. The lowest BCUT2D eigenvalue weighted by Gasteiger charge is -2.13. The third kappa shape index (κ3) is 3.51. The average Bonchev–Trinajstić information content (AvgIpc) is 3.33. The maximum atomic E-state index is 12.4. The number of para-hydroxylation sites is 2. The molecule has 0 fully saturated rings. The molecule has 1 amide bonds. The molecule has 1 aromatic carbocycles. The smallest absolute Gasteiger partial charge is 0.269 e. The van der Waals surface area contributed by atoms with Crippen LogP contribution in [0.3, 0.4) is 0 Å². The number of aromatic amines is 1. The molecule has 7 nitrogen and oxygen atoms in total. The largest absolute Gasteiger partial charge is 0.350 e. The minimum absolute atomic E-state index is 0.185. The van der Waals surface area contributed by atoms with E-state index in [0.717, 1.165) is 22.4 Å². The van der Waals surface area contributed by atoms with Crippen molar-refractivity contribution in [2.45, 2.75) is 26.3 Å². The second-order valence-corrected chi connectivity index (χ2v) is 6.89. The Morgan fingerprint density at radius 3 is 2.86 bits per heavy atom. The number of aromatic nitrogens is 5. The zero-order valence-electron chi connectivity index (χ0n) is 15.9. The minimum Gasteiger partial charge on any atom is -0.350 e. The summed E-state index contributed by atoms with van der Waals surface area (Å²) in [6.07, 6.45) is 4.07. The number of fused-ring (bicyclic) bond motifs is 1. The summed E-state index contributed by atoms with van der Waals surface area (Å²) in [6, 6.07) is 13.9. The Hall–Kier alpha value is -3.48. The molecule has 0 atom stereocenters. The van der Waals surface area contributed by atoms with Crippen molar-refractivity contribution in [1.82, 2.24) is 30.0 Å². The number of hydrogen-bond acceptors (Lipinski definition) is 4. The number of carbonyl (C=O) groups excluding carboxylic acids is 1. The predicted octanol–water partition coefficient (Wildman–Crippen LogP) is 3.37. The van der Waals surface area contributed by atoms with Crippen LogP contribution >= 0.6 is 0 Å². The topological polar surface area (TPSA) is 88.5 Å². The Morgan fingerprint density at radius 2 is 2.07 bits per heavy atom. The molecule has 0 bridgehead atoms. The van der Waals surface area contributed by atoms with Crippen LogP contribution < -0.4 is 5.32 Å². The van der Waals surface area contributed by atoms with Crippen molar-refractivity contribution in [3.05, 3.63) is 66.4 Å². The Bertz CT molecular complexity index is 1100. The first kappa shape index (κ1) is 17.9. The predicted molar refractivity (Wildman–Crippen MR) is 108 cm³/mol. The molecule has 4 rings (SSSR count). The fraction of sp³-hybridized carbons (Fsp3) is 0.238. The quantitative estimate of drug-likeness (QED) is 0.541. The van der Waals surface area contributed by atoms with Gasteiger partial charge in [-0.1, -0.05) is 12.1 Å². The molecule has 0 aliphatic carbocycles. The summed E-state index contributed by atoms with van der Waals surface area (Å²) in [7, 11) is 0. The highest BCUT2D eigenvalue weighted by molar-refractivity contribution is 5.93. The van der Waals surface area contributed by atoms with Gasteiger partial charge in [0.05, 0.1) is 16.7 Å². The van der Waals surface area contributed by atoms with Crippen molar-refractivity contribution in [2.75, 3.05) is 6.54 Å². The maximum Gasteiger partial charge on any atom is 0.269 e. The van der Waals surface area contributed by atoms with E-state index in [1.54, 1.807) is 18.5 Å². The summed E-state index contributed by atoms with van der Waals surface area (Å²) < 4.78 is 2.22. The summed E-state index contributed by atoms with van der Waals surface area (Å²) in [5.74, 6) is 0.784. The molecular weight excluding hydrogens is 352 g/mol. The van der Waals surface area contributed by atoms with E-state index in [4.69, 9.17) is 4.98 Å². The number of nitrogens with zero attached hydrogens (tertiary/aromatic N) is 4. The molecule has 28 heavy (non-hydrogen) atoms. The number of rotatable bonds is 6. The van der Waals surface area contributed by atoms with Crippen molar-refractivity contribution in [1.29, 1.82) is 0 Å². The van der Waals surface area contributed by atoms with E-state index in [1.807, 2.05) is 30.3 Å². The van der Waals surface area contributed by atoms with E-state index in [1.165, 1.54) is 0 Å². The Labute approximate surface area is 162 Å². The van der Waals surface area contributed by atoms with Crippen molar-refractivity contribution in [3.63, 3.8) is 0 Å². The van der Waals surface area contributed by atoms with Crippen LogP contribution in [0.2, 0.25) is 0 Å². The molecule has 2 N–H and O–H groups in total. The average molecular weight is 374 g/mol. The zero-order valence-corrected chi connectivity index (χ0v) is 15.9. The van der Waals surface area contributed by atoms with Gasteiger partial charge in [0, 0.05) is 37.0 Å². The maximum absolute atomic E-state index is 12.4. The number of pyridine rings is 1. The molecule has 0 aliphatic heterocycles. The van der Waals surface area contributed by atoms with Crippen LogP contribution in [-0.2, 0) is 6.42 Å². The van der Waals surface area contributed by atoms with Crippen LogP contribution in [0.25, 0.3) is 22.3 Å². The number of benzene rings is 1. The summed E-state index contributed by atoms with van der Waals surface area (Å²) in [5, 5.41) is 9.93. The zero-order chi connectivity index (χ0) is 19.5. The third-order valence-corrected chi connectivity index (χ3v) is 4.60. The standard InChI is InChI=1S/C21H22N6O/c1-14(2)27-19-8-4-3-7-16(19)24-20(27)9-11-23-21(28)18-12-17(25-26-18)15-6-5-10-22-13-15/h3-8,10,12-14H,9,11H2,1-2H3,(H,23,28)(H,25,26). The van der Waals surface area contributed by atoms with E-state index < -0.39 is 0 Å². The van der Waals surface area contributed by atoms with Crippen LogP contribution in [0.15, 0.2) is 54.9 Å². The lowest BCUT2D eigenvalue weighted by Crippen LogP contribution is -2.27. The van der Waals surface area contributed by atoms with Gasteiger partial charge in [0.25, 0.3) is 5.91 Å². The molecule has 0 radical (unpaired) electrons. The minimum atomic E-state index is -0.185. The van der Waals surface area contributed by atoms with Gasteiger partial charge in [-0.25, -0.2) is 4.98 Å². The first-order chi connectivity index (χ1) is 13.6. The number of H-pyrrole nitrogens is 1. The third-order valence-electron chi connectivity index (χ3n) is 4.60. The van der Waals surface area contributed by atoms with Crippen LogP contribution in [-0.4, -0.2) is 37.2 Å². The van der Waals surface area contributed by atoms with Crippen molar-refractivity contribution in [2.24, 2.45) is 0 Å². The number of carbonyl (C=O) groups is 1. The number of amides is 1. The van der Waals surface area contributed by atoms with E-state index in [2.05, 4.69) is 45.0 Å². The summed E-state index contributed by atoms with van der Waals surface area (Å²) in [4.78, 5) is 21.3. The first-order valence-electron chi connectivity index (χ1n) is 9.33. The fourth-order valence-corrected chi connectivity index (χ4v) is 3.33. The molecule has 0 aliphatic rings. The normalized spacial score (nSPS) is 11.2. The monoisotopic (exact) mass is 374 g/mol. The van der Waals surface area contributed by atoms with E-state index >= 15 is 0 Å². The second-order valence-electron chi connectivity index (χ2n) is 6.89. The van der Waals surface area contributed by atoms with Crippen molar-refractivity contribution >= 4 is 16.9 Å². The van der Waals surface area contributed by atoms with Gasteiger partial charge in [0.1, 0.15) is 11.5 Å². The van der Waals surface area contributed by atoms with Gasteiger partial charge < -0.3 is 9.88 Å². The van der Waals surface area contributed by atoms with Gasteiger partial charge in [0.15, 0.2) is 0 Å². The number of hydrogen-bond donors (Lipinski definition) is 2. The van der Waals surface area contributed by atoms with Gasteiger partial charge in [-0.3, -0.25) is 14.9 Å². The summed E-state index contributed by atoms with van der Waals surface area (Å²) >= 11 is 0. The van der Waals surface area contributed by atoms with Crippen molar-refractivity contribution < 1.29 is 4.79 Å². The Morgan fingerprint density at radius 1 is 1.21 bits per heavy atom.